The van der Waals surface area contributed by atoms with Crippen molar-refractivity contribution >= 4 is 5.97 Å². The lowest BCUT2D eigenvalue weighted by Gasteiger charge is -2.25. The van der Waals surface area contributed by atoms with Gasteiger partial charge in [-0.1, -0.05) is 70.9 Å². The summed E-state index contributed by atoms with van der Waals surface area (Å²) in [6, 6.07) is 10.4. The molecule has 0 amide bonds. The number of nitrogens with zero attached hydrogens (tertiary/aromatic N) is 1. The Bertz CT molecular complexity index is 715. The van der Waals surface area contributed by atoms with Crippen molar-refractivity contribution in [1.82, 2.24) is 9.97 Å². The number of esters is 1. The zero-order valence-electron chi connectivity index (χ0n) is 18.1. The molecule has 1 atom stereocenters. The van der Waals surface area contributed by atoms with Crippen LogP contribution in [0.5, 0.6) is 0 Å². The number of aromatic amines is 1. The van der Waals surface area contributed by atoms with E-state index in [-0.39, 0.29) is 11.9 Å². The van der Waals surface area contributed by atoms with Gasteiger partial charge in [-0.05, 0) is 37.7 Å². The average Bonchev–Trinajstić information content (AvgIpc) is 3.17. The van der Waals surface area contributed by atoms with Gasteiger partial charge in [-0.25, -0.2) is 9.78 Å². The van der Waals surface area contributed by atoms with Crippen LogP contribution in [0.4, 0.5) is 0 Å². The van der Waals surface area contributed by atoms with Crippen molar-refractivity contribution in [3.05, 3.63) is 53.1 Å². The van der Waals surface area contributed by atoms with Crippen LogP contribution in [-0.4, -0.2) is 22.5 Å². The fourth-order valence-corrected chi connectivity index (χ4v) is 3.90. The Balaban J connectivity index is 0.00000136. The first-order chi connectivity index (χ1) is 13.6. The first kappa shape index (κ1) is 22.2. The van der Waals surface area contributed by atoms with Crippen LogP contribution in [0.1, 0.15) is 99.7 Å². The predicted octanol–water partition coefficient (Wildman–Crippen LogP) is 6.25. The van der Waals surface area contributed by atoms with E-state index in [1.54, 1.807) is 0 Å². The van der Waals surface area contributed by atoms with Gasteiger partial charge in [-0.2, -0.15) is 0 Å². The molecule has 28 heavy (non-hydrogen) atoms. The van der Waals surface area contributed by atoms with Crippen LogP contribution in [0, 0.1) is 5.92 Å². The second-order valence-electron chi connectivity index (χ2n) is 7.65. The van der Waals surface area contributed by atoms with Crippen LogP contribution in [0.25, 0.3) is 0 Å². The van der Waals surface area contributed by atoms with Crippen LogP contribution in [-0.2, 0) is 11.2 Å². The Hall–Kier alpha value is -2.10. The minimum atomic E-state index is -0.296. The molecule has 3 rings (SSSR count). The van der Waals surface area contributed by atoms with E-state index in [1.807, 2.05) is 26.8 Å². The molecule has 0 unspecified atom stereocenters. The molecule has 154 valence electrons. The number of aromatic nitrogens is 2. The van der Waals surface area contributed by atoms with Gasteiger partial charge in [0.05, 0.1) is 12.3 Å². The zero-order valence-corrected chi connectivity index (χ0v) is 18.1. The molecule has 0 radical (unpaired) electrons. The van der Waals surface area contributed by atoms with Crippen LogP contribution in [0.15, 0.2) is 30.3 Å². The summed E-state index contributed by atoms with van der Waals surface area (Å²) in [6.07, 6.45) is 5.55. The standard InChI is InChI=1S/C22H30N2O2.C2H6/c1-4-26-22(25)20-19(18-12-10-15(2)11-13-18)23-21(24-20)16(3)14-17-8-6-5-7-9-17;1-2/h5-9,15-16,18H,4,10-14H2,1-3H3,(H,23,24);1-2H3/t15?,16-,18?;/m0./s1. The molecule has 1 aliphatic rings. The van der Waals surface area contributed by atoms with E-state index in [0.717, 1.165) is 36.7 Å². The van der Waals surface area contributed by atoms with E-state index >= 15 is 0 Å². The Labute approximate surface area is 170 Å². The normalized spacial score (nSPS) is 20.0. The van der Waals surface area contributed by atoms with Gasteiger partial charge in [0.2, 0.25) is 0 Å². The van der Waals surface area contributed by atoms with Crippen molar-refractivity contribution in [1.29, 1.82) is 0 Å². The average molecular weight is 385 g/mol. The molecule has 1 heterocycles. The van der Waals surface area contributed by atoms with E-state index in [9.17, 15) is 4.79 Å². The molecule has 4 heteroatoms. The lowest BCUT2D eigenvalue weighted by atomic mass is 9.81. The molecule has 2 aromatic rings. The van der Waals surface area contributed by atoms with Gasteiger partial charge in [0, 0.05) is 11.8 Å². The maximum absolute atomic E-state index is 12.5. The molecule has 0 bridgehead atoms. The Morgan fingerprint density at radius 3 is 2.43 bits per heavy atom. The highest BCUT2D eigenvalue weighted by Gasteiger charge is 2.29. The molecule has 0 saturated heterocycles. The Morgan fingerprint density at radius 1 is 1.18 bits per heavy atom. The summed E-state index contributed by atoms with van der Waals surface area (Å²) in [5.74, 6) is 1.98. The predicted molar refractivity (Wildman–Crippen MR) is 115 cm³/mol. The number of carbonyl (C=O) groups is 1. The van der Waals surface area contributed by atoms with E-state index in [0.29, 0.717) is 18.2 Å². The molecule has 1 N–H and O–H groups in total. The number of benzene rings is 1. The Morgan fingerprint density at radius 2 is 1.82 bits per heavy atom. The van der Waals surface area contributed by atoms with Gasteiger partial charge < -0.3 is 9.72 Å². The van der Waals surface area contributed by atoms with Crippen molar-refractivity contribution in [2.24, 2.45) is 5.92 Å². The number of hydrogen-bond acceptors (Lipinski definition) is 3. The van der Waals surface area contributed by atoms with Gasteiger partial charge >= 0.3 is 5.97 Å². The van der Waals surface area contributed by atoms with Crippen LogP contribution in [0.2, 0.25) is 0 Å². The molecule has 0 spiro atoms. The summed E-state index contributed by atoms with van der Waals surface area (Å²) in [7, 11) is 0. The molecule has 1 aromatic carbocycles. The highest BCUT2D eigenvalue weighted by atomic mass is 16.5. The summed E-state index contributed by atoms with van der Waals surface area (Å²) in [4.78, 5) is 20.7. The van der Waals surface area contributed by atoms with Gasteiger partial charge in [-0.3, -0.25) is 0 Å². The first-order valence-corrected chi connectivity index (χ1v) is 10.9. The van der Waals surface area contributed by atoms with Gasteiger partial charge in [-0.15, -0.1) is 0 Å². The maximum atomic E-state index is 12.5. The number of H-pyrrole nitrogens is 1. The maximum Gasteiger partial charge on any atom is 0.358 e. The molecule has 1 aromatic heterocycles. The molecule has 0 aliphatic heterocycles. The largest absolute Gasteiger partial charge is 0.461 e. The minimum absolute atomic E-state index is 0.224. The summed E-state index contributed by atoms with van der Waals surface area (Å²) in [5, 5.41) is 0. The number of ether oxygens (including phenoxy) is 1. The monoisotopic (exact) mass is 384 g/mol. The summed E-state index contributed by atoms with van der Waals surface area (Å²) >= 11 is 0. The van der Waals surface area contributed by atoms with Crippen LogP contribution < -0.4 is 0 Å². The number of hydrogen-bond donors (Lipinski definition) is 1. The number of carbonyl (C=O) groups excluding carboxylic acids is 1. The highest BCUT2D eigenvalue weighted by molar-refractivity contribution is 5.88. The first-order valence-electron chi connectivity index (χ1n) is 10.9. The number of imidazole rings is 1. The summed E-state index contributed by atoms with van der Waals surface area (Å²) in [5.41, 5.74) is 2.77. The molecule has 1 saturated carbocycles. The lowest BCUT2D eigenvalue weighted by Crippen LogP contribution is -2.15. The summed E-state index contributed by atoms with van der Waals surface area (Å²) in [6.45, 7) is 10.7. The van der Waals surface area contributed by atoms with E-state index in [2.05, 4.69) is 48.1 Å². The van der Waals surface area contributed by atoms with E-state index in [4.69, 9.17) is 4.74 Å². The highest BCUT2D eigenvalue weighted by Crippen LogP contribution is 2.37. The lowest BCUT2D eigenvalue weighted by molar-refractivity contribution is 0.0517. The van der Waals surface area contributed by atoms with Crippen molar-refractivity contribution in [3.8, 4) is 0 Å². The molecule has 4 nitrogen and oxygen atoms in total. The van der Waals surface area contributed by atoms with Crippen molar-refractivity contribution < 1.29 is 9.53 Å². The van der Waals surface area contributed by atoms with Gasteiger partial charge in [0.15, 0.2) is 5.69 Å². The van der Waals surface area contributed by atoms with Gasteiger partial charge in [0.1, 0.15) is 5.82 Å². The second-order valence-corrected chi connectivity index (χ2v) is 7.65. The van der Waals surface area contributed by atoms with Crippen molar-refractivity contribution in [3.63, 3.8) is 0 Å². The van der Waals surface area contributed by atoms with E-state index in [1.165, 1.54) is 18.4 Å². The molecular formula is C24H36N2O2. The van der Waals surface area contributed by atoms with Gasteiger partial charge in [0.25, 0.3) is 0 Å². The third-order valence-corrected chi connectivity index (χ3v) is 5.49. The number of nitrogens with one attached hydrogen (secondary N) is 1. The smallest absolute Gasteiger partial charge is 0.358 e. The van der Waals surface area contributed by atoms with Crippen molar-refractivity contribution in [2.75, 3.05) is 6.61 Å². The third-order valence-electron chi connectivity index (χ3n) is 5.49. The topological polar surface area (TPSA) is 55.0 Å². The van der Waals surface area contributed by atoms with E-state index < -0.39 is 0 Å². The molecular weight excluding hydrogens is 348 g/mol. The SMILES string of the molecule is CC.CCOC(=O)c1nc([C@@H](C)Cc2ccccc2)[nH]c1C1CCC(C)CC1. The fraction of sp³-hybridized carbons (Fsp3) is 0.583. The Kier molecular flexibility index (Phi) is 8.75. The van der Waals surface area contributed by atoms with Crippen LogP contribution >= 0.6 is 0 Å². The number of rotatable bonds is 6. The zero-order chi connectivity index (χ0) is 20.5. The molecule has 1 fully saturated rings. The minimum Gasteiger partial charge on any atom is -0.461 e. The molecule has 1 aliphatic carbocycles. The quantitative estimate of drug-likeness (QED) is 0.599. The summed E-state index contributed by atoms with van der Waals surface area (Å²) < 4.78 is 5.27. The van der Waals surface area contributed by atoms with Crippen molar-refractivity contribution in [2.45, 2.75) is 78.6 Å². The van der Waals surface area contributed by atoms with Crippen LogP contribution in [0.3, 0.4) is 0 Å². The third kappa shape index (κ3) is 5.70. The fourth-order valence-electron chi connectivity index (χ4n) is 3.90. The second kappa shape index (κ2) is 11.0.